The summed E-state index contributed by atoms with van der Waals surface area (Å²) in [6, 6.07) is 0.210. The van der Waals surface area contributed by atoms with Gasteiger partial charge in [-0.3, -0.25) is 9.59 Å². The zero-order valence-corrected chi connectivity index (χ0v) is 8.17. The van der Waals surface area contributed by atoms with Gasteiger partial charge in [0, 0.05) is 26.1 Å². The number of Topliss-reactive ketones (excluding diaryl/α,β-unsaturated/α-hetero) is 1. The van der Waals surface area contributed by atoms with Gasteiger partial charge in [-0.15, -0.1) is 0 Å². The Hall–Kier alpha value is -0.900. The molecule has 0 aromatic rings. The van der Waals surface area contributed by atoms with E-state index in [4.69, 9.17) is 0 Å². The molecule has 1 unspecified atom stereocenters. The fraction of sp³-hybridized carbons (Fsp3) is 0.778. The Labute approximate surface area is 78.3 Å². The quantitative estimate of drug-likeness (QED) is 0.617. The maximum atomic E-state index is 11.4. The maximum Gasteiger partial charge on any atom is 0.289 e. The molecule has 1 fully saturated rings. The Morgan fingerprint density at radius 2 is 2.23 bits per heavy atom. The summed E-state index contributed by atoms with van der Waals surface area (Å²) >= 11 is 0. The maximum absolute atomic E-state index is 11.4. The van der Waals surface area contributed by atoms with Crippen molar-refractivity contribution in [2.75, 3.05) is 20.1 Å². The van der Waals surface area contributed by atoms with Crippen molar-refractivity contribution in [3.05, 3.63) is 0 Å². The van der Waals surface area contributed by atoms with E-state index in [1.165, 1.54) is 6.92 Å². The minimum Gasteiger partial charge on any atom is -0.332 e. The van der Waals surface area contributed by atoms with Crippen molar-refractivity contribution in [3.63, 3.8) is 0 Å². The first-order valence-electron chi connectivity index (χ1n) is 4.63. The topological polar surface area (TPSA) is 49.4 Å². The van der Waals surface area contributed by atoms with E-state index in [9.17, 15) is 9.59 Å². The van der Waals surface area contributed by atoms with E-state index in [-0.39, 0.29) is 17.7 Å². The molecule has 1 N–H and O–H groups in total. The molecule has 1 amide bonds. The van der Waals surface area contributed by atoms with Crippen LogP contribution in [0.3, 0.4) is 0 Å². The van der Waals surface area contributed by atoms with Crippen molar-refractivity contribution in [2.45, 2.75) is 25.8 Å². The molecule has 1 aliphatic rings. The lowest BCUT2D eigenvalue weighted by molar-refractivity contribution is -0.144. The summed E-state index contributed by atoms with van der Waals surface area (Å²) in [5.41, 5.74) is 0. The van der Waals surface area contributed by atoms with Crippen LogP contribution in [0, 0.1) is 0 Å². The Kier molecular flexibility index (Phi) is 3.42. The Morgan fingerprint density at radius 1 is 1.54 bits per heavy atom. The second-order valence-electron chi connectivity index (χ2n) is 3.41. The Balaban J connectivity index is 2.57. The molecule has 0 aliphatic carbocycles. The molecule has 0 spiro atoms. The van der Waals surface area contributed by atoms with E-state index in [1.807, 2.05) is 7.05 Å². The van der Waals surface area contributed by atoms with Crippen molar-refractivity contribution in [1.82, 2.24) is 10.2 Å². The van der Waals surface area contributed by atoms with Crippen LogP contribution in [0.25, 0.3) is 0 Å². The number of carbonyl (C=O) groups excluding carboxylic acids is 2. The lowest BCUT2D eigenvalue weighted by atomic mass is 10.2. The van der Waals surface area contributed by atoms with Crippen molar-refractivity contribution in [2.24, 2.45) is 0 Å². The summed E-state index contributed by atoms with van der Waals surface area (Å²) in [5.74, 6) is -0.694. The highest BCUT2D eigenvalue weighted by molar-refractivity contribution is 6.35. The molecule has 0 saturated carbocycles. The zero-order valence-electron chi connectivity index (χ0n) is 8.17. The highest BCUT2D eigenvalue weighted by Crippen LogP contribution is 2.16. The molecule has 1 atom stereocenters. The summed E-state index contributed by atoms with van der Waals surface area (Å²) in [6.07, 6.45) is 2.01. The van der Waals surface area contributed by atoms with Crippen molar-refractivity contribution < 1.29 is 9.59 Å². The third-order valence-corrected chi connectivity index (χ3v) is 2.38. The molecule has 0 bridgehead atoms. The number of ketones is 1. The van der Waals surface area contributed by atoms with E-state index in [0.29, 0.717) is 0 Å². The fourth-order valence-corrected chi connectivity index (χ4v) is 1.75. The molecule has 74 valence electrons. The van der Waals surface area contributed by atoms with Gasteiger partial charge in [0.15, 0.2) is 0 Å². The largest absolute Gasteiger partial charge is 0.332 e. The van der Waals surface area contributed by atoms with Crippen LogP contribution >= 0.6 is 0 Å². The predicted molar refractivity (Wildman–Crippen MR) is 49.3 cm³/mol. The number of hydrogen-bond acceptors (Lipinski definition) is 3. The summed E-state index contributed by atoms with van der Waals surface area (Å²) < 4.78 is 0. The van der Waals surface area contributed by atoms with E-state index in [1.54, 1.807) is 4.90 Å². The molecule has 1 heterocycles. The summed E-state index contributed by atoms with van der Waals surface area (Å²) in [4.78, 5) is 23.9. The first kappa shape index (κ1) is 10.2. The molecule has 1 saturated heterocycles. The molecule has 1 rings (SSSR count). The number of hydrogen-bond donors (Lipinski definition) is 1. The molecule has 4 heteroatoms. The average molecular weight is 184 g/mol. The lowest BCUT2D eigenvalue weighted by Crippen LogP contribution is -2.43. The highest BCUT2D eigenvalue weighted by atomic mass is 16.2. The van der Waals surface area contributed by atoms with Gasteiger partial charge in [0.25, 0.3) is 5.91 Å². The van der Waals surface area contributed by atoms with E-state index in [2.05, 4.69) is 5.32 Å². The van der Waals surface area contributed by atoms with Gasteiger partial charge < -0.3 is 10.2 Å². The number of amides is 1. The standard InChI is InChI=1S/C9H16N2O2/c1-7(12)9(13)11-5-3-4-8(11)6-10-2/h8,10H,3-6H2,1-2H3. The summed E-state index contributed by atoms with van der Waals surface area (Å²) in [5, 5.41) is 3.03. The summed E-state index contributed by atoms with van der Waals surface area (Å²) in [7, 11) is 1.86. The van der Waals surface area contributed by atoms with Crippen LogP contribution in [0.1, 0.15) is 19.8 Å². The van der Waals surface area contributed by atoms with Crippen LogP contribution in [0.4, 0.5) is 0 Å². The Bertz CT molecular complexity index is 216. The normalized spacial score (nSPS) is 22.0. The molecular formula is C9H16N2O2. The second kappa shape index (κ2) is 4.37. The zero-order chi connectivity index (χ0) is 9.84. The van der Waals surface area contributed by atoms with Gasteiger partial charge in [-0.25, -0.2) is 0 Å². The molecule has 4 nitrogen and oxygen atoms in total. The van der Waals surface area contributed by atoms with E-state index < -0.39 is 0 Å². The third kappa shape index (κ3) is 2.28. The predicted octanol–water partition coefficient (Wildman–Crippen LogP) is -0.214. The van der Waals surface area contributed by atoms with Crippen molar-refractivity contribution in [3.8, 4) is 0 Å². The van der Waals surface area contributed by atoms with Gasteiger partial charge in [0.1, 0.15) is 0 Å². The Morgan fingerprint density at radius 3 is 2.77 bits per heavy atom. The molecular weight excluding hydrogens is 168 g/mol. The van der Waals surface area contributed by atoms with Crippen LogP contribution in [0.5, 0.6) is 0 Å². The number of nitrogens with one attached hydrogen (secondary N) is 1. The van der Waals surface area contributed by atoms with Gasteiger partial charge in [0.05, 0.1) is 0 Å². The van der Waals surface area contributed by atoms with Crippen LogP contribution < -0.4 is 5.32 Å². The highest BCUT2D eigenvalue weighted by Gasteiger charge is 2.29. The smallest absolute Gasteiger partial charge is 0.289 e. The first-order chi connectivity index (χ1) is 6.16. The van der Waals surface area contributed by atoms with Gasteiger partial charge in [-0.1, -0.05) is 0 Å². The average Bonchev–Trinajstić information content (AvgIpc) is 2.52. The van der Waals surface area contributed by atoms with Gasteiger partial charge in [-0.05, 0) is 19.9 Å². The second-order valence-corrected chi connectivity index (χ2v) is 3.41. The van der Waals surface area contributed by atoms with E-state index >= 15 is 0 Å². The van der Waals surface area contributed by atoms with Crippen LogP contribution in [-0.2, 0) is 9.59 Å². The fourth-order valence-electron chi connectivity index (χ4n) is 1.75. The molecule has 1 aliphatic heterocycles. The molecule has 13 heavy (non-hydrogen) atoms. The lowest BCUT2D eigenvalue weighted by Gasteiger charge is -2.23. The van der Waals surface area contributed by atoms with Gasteiger partial charge in [-0.2, -0.15) is 0 Å². The SMILES string of the molecule is CNCC1CCCN1C(=O)C(C)=O. The number of nitrogens with zero attached hydrogens (tertiary/aromatic N) is 1. The van der Waals surface area contributed by atoms with Gasteiger partial charge in [0.2, 0.25) is 5.78 Å². The number of rotatable bonds is 3. The van der Waals surface area contributed by atoms with Crippen LogP contribution in [0.2, 0.25) is 0 Å². The molecule has 0 radical (unpaired) electrons. The molecule has 0 aromatic carbocycles. The monoisotopic (exact) mass is 184 g/mol. The first-order valence-corrected chi connectivity index (χ1v) is 4.63. The molecule has 0 aromatic heterocycles. The van der Waals surface area contributed by atoms with Crippen LogP contribution in [0.15, 0.2) is 0 Å². The minimum absolute atomic E-state index is 0.210. The number of likely N-dealkylation sites (N-methyl/N-ethyl adjacent to an activating group) is 1. The summed E-state index contributed by atoms with van der Waals surface area (Å²) in [6.45, 7) is 2.83. The number of carbonyl (C=O) groups is 2. The van der Waals surface area contributed by atoms with E-state index in [0.717, 1.165) is 25.9 Å². The minimum atomic E-state index is -0.358. The number of likely N-dealkylation sites (tertiary alicyclic amines) is 1. The van der Waals surface area contributed by atoms with Crippen LogP contribution in [-0.4, -0.2) is 42.8 Å². The van der Waals surface area contributed by atoms with Crippen molar-refractivity contribution in [1.29, 1.82) is 0 Å². The third-order valence-electron chi connectivity index (χ3n) is 2.38. The van der Waals surface area contributed by atoms with Gasteiger partial charge >= 0.3 is 0 Å². The van der Waals surface area contributed by atoms with Crippen molar-refractivity contribution >= 4 is 11.7 Å².